The van der Waals surface area contributed by atoms with Crippen LogP contribution in [0.4, 0.5) is 0 Å². The molecule has 0 heterocycles. The second-order valence-electron chi connectivity index (χ2n) is 3.33. The number of aromatic carboxylic acids is 1. The zero-order valence-corrected chi connectivity index (χ0v) is 9.33. The van der Waals surface area contributed by atoms with Gasteiger partial charge in [0.1, 0.15) is 11.3 Å². The van der Waals surface area contributed by atoms with Crippen molar-refractivity contribution in [2.24, 2.45) is 0 Å². The fourth-order valence-corrected chi connectivity index (χ4v) is 1.64. The molecule has 82 valence electrons. The van der Waals surface area contributed by atoms with Crippen molar-refractivity contribution >= 4 is 5.97 Å². The van der Waals surface area contributed by atoms with E-state index in [2.05, 4.69) is 0 Å². The molecule has 0 fully saturated rings. The van der Waals surface area contributed by atoms with Crippen LogP contribution in [0.3, 0.4) is 0 Å². The first-order valence-electron chi connectivity index (χ1n) is 5.10. The summed E-state index contributed by atoms with van der Waals surface area (Å²) in [6.45, 7) is 6.30. The first-order valence-corrected chi connectivity index (χ1v) is 5.10. The number of ether oxygens (including phenoxy) is 1. The number of hydrogen-bond acceptors (Lipinski definition) is 2. The van der Waals surface area contributed by atoms with Crippen molar-refractivity contribution in [2.75, 3.05) is 6.61 Å². The lowest BCUT2D eigenvalue weighted by molar-refractivity contribution is 0.0692. The van der Waals surface area contributed by atoms with Crippen LogP contribution in [0, 0.1) is 6.92 Å². The summed E-state index contributed by atoms with van der Waals surface area (Å²) in [7, 11) is 0. The molecule has 0 spiro atoms. The maximum Gasteiger partial charge on any atom is 0.339 e. The summed E-state index contributed by atoms with van der Waals surface area (Å²) in [4.78, 5) is 11.0. The average Bonchev–Trinajstić information content (AvgIpc) is 2.18. The van der Waals surface area contributed by atoms with E-state index in [0.717, 1.165) is 17.5 Å². The molecule has 0 atom stereocenters. The van der Waals surface area contributed by atoms with Gasteiger partial charge >= 0.3 is 5.97 Å². The van der Waals surface area contributed by atoms with Gasteiger partial charge in [0.15, 0.2) is 0 Å². The highest BCUT2D eigenvalue weighted by Crippen LogP contribution is 2.27. The Morgan fingerprint density at radius 2 is 2.07 bits per heavy atom. The molecule has 0 unspecified atom stereocenters. The molecule has 0 bridgehead atoms. The van der Waals surface area contributed by atoms with Gasteiger partial charge in [-0.1, -0.05) is 13.0 Å². The molecule has 0 aliphatic heterocycles. The van der Waals surface area contributed by atoms with Crippen molar-refractivity contribution < 1.29 is 14.6 Å². The van der Waals surface area contributed by atoms with Crippen molar-refractivity contribution in [3.05, 3.63) is 28.8 Å². The number of carboxylic acids is 1. The van der Waals surface area contributed by atoms with Gasteiger partial charge in [0.25, 0.3) is 0 Å². The third-order valence-corrected chi connectivity index (χ3v) is 2.37. The van der Waals surface area contributed by atoms with E-state index in [-0.39, 0.29) is 5.56 Å². The zero-order valence-electron chi connectivity index (χ0n) is 9.33. The first kappa shape index (κ1) is 11.6. The number of hydrogen-bond donors (Lipinski definition) is 1. The van der Waals surface area contributed by atoms with Gasteiger partial charge in [-0.2, -0.15) is 0 Å². The summed E-state index contributed by atoms with van der Waals surface area (Å²) in [6, 6.07) is 3.42. The molecule has 3 heteroatoms. The predicted octanol–water partition coefficient (Wildman–Crippen LogP) is 2.65. The van der Waals surface area contributed by atoms with E-state index in [4.69, 9.17) is 9.84 Å². The van der Waals surface area contributed by atoms with E-state index in [1.54, 1.807) is 6.07 Å². The molecule has 0 amide bonds. The Balaban J connectivity index is 3.34. The lowest BCUT2D eigenvalue weighted by atomic mass is 10.0. The van der Waals surface area contributed by atoms with Gasteiger partial charge in [0, 0.05) is 0 Å². The van der Waals surface area contributed by atoms with Gasteiger partial charge in [-0.05, 0) is 37.5 Å². The molecule has 3 nitrogen and oxygen atoms in total. The molecule has 0 radical (unpaired) electrons. The lowest BCUT2D eigenvalue weighted by Crippen LogP contribution is -2.06. The monoisotopic (exact) mass is 208 g/mol. The van der Waals surface area contributed by atoms with Crippen LogP contribution in [0.15, 0.2) is 12.1 Å². The summed E-state index contributed by atoms with van der Waals surface area (Å²) in [5.41, 5.74) is 2.31. The quantitative estimate of drug-likeness (QED) is 0.827. The molecule has 1 rings (SSSR count). The van der Waals surface area contributed by atoms with Crippen LogP contribution in [-0.2, 0) is 6.42 Å². The summed E-state index contributed by atoms with van der Waals surface area (Å²) in [6.07, 6.45) is 0.780. The normalized spacial score (nSPS) is 10.1. The number of aryl methyl sites for hydroxylation is 1. The number of benzene rings is 1. The second kappa shape index (κ2) is 4.82. The molecular weight excluding hydrogens is 192 g/mol. The fraction of sp³-hybridized carbons (Fsp3) is 0.417. The average molecular weight is 208 g/mol. The van der Waals surface area contributed by atoms with E-state index in [9.17, 15) is 4.79 Å². The van der Waals surface area contributed by atoms with Gasteiger partial charge in [0.05, 0.1) is 6.61 Å². The maximum atomic E-state index is 11.0. The van der Waals surface area contributed by atoms with E-state index >= 15 is 0 Å². The van der Waals surface area contributed by atoms with Crippen LogP contribution < -0.4 is 4.74 Å². The van der Waals surface area contributed by atoms with Crippen molar-refractivity contribution in [3.8, 4) is 5.75 Å². The number of carbonyl (C=O) groups is 1. The Kier molecular flexibility index (Phi) is 3.72. The maximum absolute atomic E-state index is 11.0. The third kappa shape index (κ3) is 2.29. The van der Waals surface area contributed by atoms with Crippen molar-refractivity contribution in [2.45, 2.75) is 27.2 Å². The van der Waals surface area contributed by atoms with Crippen molar-refractivity contribution in [1.29, 1.82) is 0 Å². The minimum Gasteiger partial charge on any atom is -0.493 e. The minimum atomic E-state index is -0.937. The topological polar surface area (TPSA) is 46.5 Å². The van der Waals surface area contributed by atoms with E-state index in [1.165, 1.54) is 0 Å². The largest absolute Gasteiger partial charge is 0.493 e. The highest BCUT2D eigenvalue weighted by atomic mass is 16.5. The lowest BCUT2D eigenvalue weighted by Gasteiger charge is -2.14. The number of carboxylic acid groups (broad SMARTS) is 1. The summed E-state index contributed by atoms with van der Waals surface area (Å²) >= 11 is 0. The highest BCUT2D eigenvalue weighted by molar-refractivity contribution is 5.91. The summed E-state index contributed by atoms with van der Waals surface area (Å²) in [5.74, 6) is -0.416. The van der Waals surface area contributed by atoms with Crippen LogP contribution in [0.25, 0.3) is 0 Å². The van der Waals surface area contributed by atoms with E-state index < -0.39 is 5.97 Å². The minimum absolute atomic E-state index is 0.249. The Bertz CT molecular complexity index is 369. The molecular formula is C12H16O3. The molecule has 1 N–H and O–H groups in total. The molecule has 15 heavy (non-hydrogen) atoms. The van der Waals surface area contributed by atoms with Gasteiger partial charge in [-0.3, -0.25) is 0 Å². The molecule has 0 aliphatic rings. The van der Waals surface area contributed by atoms with Gasteiger partial charge < -0.3 is 9.84 Å². The zero-order chi connectivity index (χ0) is 11.4. The first-order chi connectivity index (χ1) is 7.11. The van der Waals surface area contributed by atoms with Crippen LogP contribution in [0.1, 0.15) is 35.3 Å². The molecule has 0 saturated heterocycles. The van der Waals surface area contributed by atoms with E-state index in [1.807, 2.05) is 26.8 Å². The van der Waals surface area contributed by atoms with Crippen LogP contribution in [-0.4, -0.2) is 17.7 Å². The van der Waals surface area contributed by atoms with E-state index in [0.29, 0.717) is 12.4 Å². The smallest absolute Gasteiger partial charge is 0.339 e. The number of rotatable bonds is 4. The molecule has 0 aromatic heterocycles. The molecule has 0 aliphatic carbocycles. The Hall–Kier alpha value is -1.51. The van der Waals surface area contributed by atoms with Gasteiger partial charge in [0.2, 0.25) is 0 Å². The van der Waals surface area contributed by atoms with Crippen LogP contribution >= 0.6 is 0 Å². The van der Waals surface area contributed by atoms with Gasteiger partial charge in [-0.25, -0.2) is 4.79 Å². The van der Waals surface area contributed by atoms with Crippen molar-refractivity contribution in [3.63, 3.8) is 0 Å². The SMILES string of the molecule is CCOc1c(C(=O)O)ccc(C)c1CC. The standard InChI is InChI=1S/C12H16O3/c1-4-9-8(3)6-7-10(12(13)14)11(9)15-5-2/h6-7H,4-5H2,1-3H3,(H,13,14). The molecule has 0 saturated carbocycles. The van der Waals surface area contributed by atoms with Gasteiger partial charge in [-0.15, -0.1) is 0 Å². The fourth-order valence-electron chi connectivity index (χ4n) is 1.64. The molecule has 1 aromatic rings. The predicted molar refractivity (Wildman–Crippen MR) is 58.7 cm³/mol. The Morgan fingerprint density at radius 1 is 1.40 bits per heavy atom. The van der Waals surface area contributed by atoms with Crippen LogP contribution in [0.5, 0.6) is 5.75 Å². The van der Waals surface area contributed by atoms with Crippen molar-refractivity contribution in [1.82, 2.24) is 0 Å². The molecule has 1 aromatic carbocycles. The summed E-state index contributed by atoms with van der Waals surface area (Å²) in [5, 5.41) is 9.02. The third-order valence-electron chi connectivity index (χ3n) is 2.37. The van der Waals surface area contributed by atoms with Crippen LogP contribution in [0.2, 0.25) is 0 Å². The Labute approximate surface area is 89.7 Å². The second-order valence-corrected chi connectivity index (χ2v) is 3.33. The summed E-state index contributed by atoms with van der Waals surface area (Å²) < 4.78 is 5.42. The highest BCUT2D eigenvalue weighted by Gasteiger charge is 2.15. The Morgan fingerprint density at radius 3 is 2.53 bits per heavy atom.